The third kappa shape index (κ3) is 6.58. The number of nitrogens with zero attached hydrogens (tertiary/aromatic N) is 2. The van der Waals surface area contributed by atoms with Crippen LogP contribution in [-0.2, 0) is 12.7 Å². The normalized spacial score (nSPS) is 11.3. The van der Waals surface area contributed by atoms with Crippen LogP contribution in [0.1, 0.15) is 52.9 Å². The van der Waals surface area contributed by atoms with Crippen LogP contribution in [-0.4, -0.2) is 28.9 Å². The summed E-state index contributed by atoms with van der Waals surface area (Å²) in [5, 5.41) is 4.56. The molecule has 0 aliphatic rings. The van der Waals surface area contributed by atoms with E-state index in [1.165, 1.54) is 12.1 Å². The van der Waals surface area contributed by atoms with Crippen LogP contribution in [0.3, 0.4) is 0 Å². The van der Waals surface area contributed by atoms with E-state index >= 15 is 0 Å². The number of amides is 1. The highest BCUT2D eigenvalue weighted by atomic mass is 19.4. The summed E-state index contributed by atoms with van der Waals surface area (Å²) in [6.07, 6.45) is -0.220. The van der Waals surface area contributed by atoms with Crippen LogP contribution in [0.5, 0.6) is 0 Å². The van der Waals surface area contributed by atoms with Crippen LogP contribution < -0.4 is 5.32 Å². The van der Waals surface area contributed by atoms with Gasteiger partial charge in [-0.1, -0.05) is 62.1 Å². The van der Waals surface area contributed by atoms with E-state index in [9.17, 15) is 18.0 Å². The first-order valence-corrected chi connectivity index (χ1v) is 12.5. The summed E-state index contributed by atoms with van der Waals surface area (Å²) in [5.74, 6) is 5.65. The van der Waals surface area contributed by atoms with E-state index in [2.05, 4.69) is 22.1 Å². The lowest BCUT2D eigenvalue weighted by Crippen LogP contribution is -2.25. The van der Waals surface area contributed by atoms with Crippen molar-refractivity contribution in [1.29, 1.82) is 0 Å². The largest absolute Gasteiger partial charge is 0.416 e. The highest BCUT2D eigenvalue weighted by molar-refractivity contribution is 6.04. The maximum Gasteiger partial charge on any atom is 0.416 e. The summed E-state index contributed by atoms with van der Waals surface area (Å²) in [6, 6.07) is 18.4. The number of nitrogens with one attached hydrogen (secondary N) is 1. The monoisotopic (exact) mass is 515 g/mol. The molecule has 0 spiro atoms. The fraction of sp³-hybridized carbons (Fsp3) is 0.226. The second-order valence-corrected chi connectivity index (χ2v) is 8.93. The molecule has 0 fully saturated rings. The van der Waals surface area contributed by atoms with Gasteiger partial charge in [-0.2, -0.15) is 13.2 Å². The summed E-state index contributed by atoms with van der Waals surface area (Å²) < 4.78 is 41.6. The van der Waals surface area contributed by atoms with Crippen LogP contribution >= 0.6 is 0 Å². The average molecular weight is 516 g/mol. The number of anilines is 1. The Morgan fingerprint density at radius 1 is 0.974 bits per heavy atom. The molecule has 0 aliphatic carbocycles. The smallest absolute Gasteiger partial charge is 0.322 e. The molecule has 194 valence electrons. The molecule has 3 aromatic carbocycles. The number of carbonyl (C=O) groups is 1. The third-order valence-electron chi connectivity index (χ3n) is 6.19. The van der Waals surface area contributed by atoms with E-state index in [4.69, 9.17) is 0 Å². The lowest BCUT2D eigenvalue weighted by molar-refractivity contribution is -0.138. The Hall–Kier alpha value is -4.15. The molecule has 0 atom stereocenters. The molecule has 0 saturated heterocycles. The van der Waals surface area contributed by atoms with Gasteiger partial charge in [0.2, 0.25) is 0 Å². The minimum absolute atomic E-state index is 0.0860. The molecular weight excluding hydrogens is 487 g/mol. The molecule has 1 heterocycles. The van der Waals surface area contributed by atoms with Crippen LogP contribution in [0.2, 0.25) is 0 Å². The molecule has 1 aromatic heterocycles. The summed E-state index contributed by atoms with van der Waals surface area (Å²) in [6.45, 7) is 5.48. The van der Waals surface area contributed by atoms with Gasteiger partial charge in [-0.05, 0) is 55.4 Å². The first-order chi connectivity index (χ1) is 18.3. The minimum atomic E-state index is -4.53. The fourth-order valence-corrected chi connectivity index (χ4v) is 4.26. The van der Waals surface area contributed by atoms with E-state index in [-0.39, 0.29) is 17.8 Å². The molecule has 0 aliphatic heterocycles. The van der Waals surface area contributed by atoms with Gasteiger partial charge in [0.15, 0.2) is 0 Å². The molecule has 1 N–H and O–H groups in total. The number of hydrogen-bond donors (Lipinski definition) is 1. The first kappa shape index (κ1) is 26.9. The van der Waals surface area contributed by atoms with Crippen LogP contribution in [0.4, 0.5) is 18.9 Å². The third-order valence-corrected chi connectivity index (χ3v) is 6.19. The summed E-state index contributed by atoms with van der Waals surface area (Å²) in [7, 11) is 0. The van der Waals surface area contributed by atoms with E-state index in [0.29, 0.717) is 24.2 Å². The van der Waals surface area contributed by atoms with Crippen molar-refractivity contribution in [3.05, 3.63) is 107 Å². The van der Waals surface area contributed by atoms with Crippen molar-refractivity contribution in [2.75, 3.05) is 18.4 Å². The lowest BCUT2D eigenvalue weighted by atomic mass is 10.0. The molecule has 4 rings (SSSR count). The molecular formula is C31H28F3N3O. The zero-order valence-electron chi connectivity index (χ0n) is 21.3. The van der Waals surface area contributed by atoms with Gasteiger partial charge >= 0.3 is 6.18 Å². The standard InChI is InChI=1S/C31H28F3N3O/c1-3-16-37(4-2)21-26-14-15-27(18-29(26)31(32,33)34)36-30(38)23-10-7-8-22(17-23)12-13-25-20-35-19-24-9-5-6-11-28(24)25/h5-11,14-15,17-20H,3-4,16,21H2,1-2H3,(H,36,38). The number of pyridine rings is 1. The second kappa shape index (κ2) is 11.9. The molecule has 0 radical (unpaired) electrons. The first-order valence-electron chi connectivity index (χ1n) is 12.5. The van der Waals surface area contributed by atoms with E-state index < -0.39 is 17.6 Å². The zero-order valence-corrected chi connectivity index (χ0v) is 21.3. The number of fused-ring (bicyclic) bond motifs is 1. The molecule has 0 saturated carbocycles. The zero-order chi connectivity index (χ0) is 27.1. The summed E-state index contributed by atoms with van der Waals surface area (Å²) in [4.78, 5) is 19.1. The Morgan fingerprint density at radius 2 is 1.79 bits per heavy atom. The Morgan fingerprint density at radius 3 is 2.55 bits per heavy atom. The predicted octanol–water partition coefficient (Wildman–Crippen LogP) is 7.14. The molecule has 1 amide bonds. The number of rotatable bonds is 7. The van der Waals surface area contributed by atoms with Gasteiger partial charge in [0.25, 0.3) is 5.91 Å². The lowest BCUT2D eigenvalue weighted by Gasteiger charge is -2.22. The summed E-state index contributed by atoms with van der Waals surface area (Å²) >= 11 is 0. The van der Waals surface area contributed by atoms with Crippen molar-refractivity contribution in [2.45, 2.75) is 33.0 Å². The van der Waals surface area contributed by atoms with E-state index in [1.807, 2.05) is 43.0 Å². The van der Waals surface area contributed by atoms with Gasteiger partial charge < -0.3 is 5.32 Å². The minimum Gasteiger partial charge on any atom is -0.322 e. The van der Waals surface area contributed by atoms with Gasteiger partial charge in [0.05, 0.1) is 11.1 Å². The van der Waals surface area contributed by atoms with Gasteiger partial charge in [-0.3, -0.25) is 14.7 Å². The topological polar surface area (TPSA) is 45.2 Å². The second-order valence-electron chi connectivity index (χ2n) is 8.93. The Kier molecular flexibility index (Phi) is 8.45. The number of halogens is 3. The van der Waals surface area contributed by atoms with E-state index in [1.54, 1.807) is 36.7 Å². The van der Waals surface area contributed by atoms with Gasteiger partial charge in [0, 0.05) is 46.5 Å². The van der Waals surface area contributed by atoms with Crippen molar-refractivity contribution in [3.8, 4) is 11.8 Å². The van der Waals surface area contributed by atoms with Crippen molar-refractivity contribution < 1.29 is 18.0 Å². The Labute approximate surface area is 220 Å². The van der Waals surface area contributed by atoms with Crippen molar-refractivity contribution in [3.63, 3.8) is 0 Å². The van der Waals surface area contributed by atoms with Crippen LogP contribution in [0, 0.1) is 11.8 Å². The highest BCUT2D eigenvalue weighted by Gasteiger charge is 2.34. The average Bonchev–Trinajstić information content (AvgIpc) is 2.92. The number of benzene rings is 3. The molecule has 7 heteroatoms. The van der Waals surface area contributed by atoms with Crippen molar-refractivity contribution in [2.24, 2.45) is 0 Å². The van der Waals surface area contributed by atoms with Crippen LogP contribution in [0.25, 0.3) is 10.8 Å². The summed E-state index contributed by atoms with van der Waals surface area (Å²) in [5.41, 5.74) is 1.19. The van der Waals surface area contributed by atoms with Crippen molar-refractivity contribution >= 4 is 22.4 Å². The molecule has 4 aromatic rings. The van der Waals surface area contributed by atoms with Crippen molar-refractivity contribution in [1.82, 2.24) is 9.88 Å². The van der Waals surface area contributed by atoms with E-state index in [0.717, 1.165) is 28.8 Å². The van der Waals surface area contributed by atoms with Gasteiger partial charge in [-0.15, -0.1) is 0 Å². The number of hydrogen-bond acceptors (Lipinski definition) is 3. The van der Waals surface area contributed by atoms with Gasteiger partial charge in [-0.25, -0.2) is 0 Å². The molecule has 4 nitrogen and oxygen atoms in total. The maximum atomic E-state index is 13.9. The SMILES string of the molecule is CCCN(CC)Cc1ccc(NC(=O)c2cccc(C#Cc3cncc4ccccc34)c2)cc1C(F)(F)F. The van der Waals surface area contributed by atoms with Crippen LogP contribution in [0.15, 0.2) is 79.1 Å². The Balaban J connectivity index is 1.55. The number of carbonyl (C=O) groups excluding carboxylic acids is 1. The molecule has 38 heavy (non-hydrogen) atoms. The molecule has 0 bridgehead atoms. The number of alkyl halides is 3. The predicted molar refractivity (Wildman–Crippen MR) is 145 cm³/mol. The Bertz CT molecular complexity index is 1500. The number of aromatic nitrogens is 1. The maximum absolute atomic E-state index is 13.9. The molecule has 0 unspecified atom stereocenters. The van der Waals surface area contributed by atoms with Gasteiger partial charge in [0.1, 0.15) is 0 Å². The highest BCUT2D eigenvalue weighted by Crippen LogP contribution is 2.34. The quantitative estimate of drug-likeness (QED) is 0.266. The fourth-order valence-electron chi connectivity index (χ4n) is 4.26.